The lowest BCUT2D eigenvalue weighted by Gasteiger charge is -2.26. The molecule has 2 rings (SSSR count). The van der Waals surface area contributed by atoms with Gasteiger partial charge in [-0.2, -0.15) is 0 Å². The van der Waals surface area contributed by atoms with E-state index in [9.17, 15) is 9.90 Å². The number of hydrogen-bond donors (Lipinski definition) is 2. The Labute approximate surface area is 115 Å². The molecule has 1 aromatic rings. The average molecular weight is 345 g/mol. The van der Waals surface area contributed by atoms with E-state index in [1.807, 2.05) is 24.3 Å². The van der Waals surface area contributed by atoms with Crippen molar-refractivity contribution in [1.29, 1.82) is 0 Å². The summed E-state index contributed by atoms with van der Waals surface area (Å²) in [5.74, 6) is -0.0113. The van der Waals surface area contributed by atoms with Gasteiger partial charge in [-0.15, -0.1) is 0 Å². The highest BCUT2D eigenvalue weighted by Gasteiger charge is 2.21. The standard InChI is InChI=1S/C13H16INO2/c14-10-3-1-9(2-4-10)13(17)15-11-5-7-12(16)8-6-11/h1-4,11-12,16H,5-8H2,(H,15,17). The molecule has 1 aliphatic carbocycles. The largest absolute Gasteiger partial charge is 0.393 e. The summed E-state index contributed by atoms with van der Waals surface area (Å²) in [6.45, 7) is 0. The predicted molar refractivity (Wildman–Crippen MR) is 74.9 cm³/mol. The van der Waals surface area contributed by atoms with Crippen molar-refractivity contribution < 1.29 is 9.90 Å². The van der Waals surface area contributed by atoms with E-state index in [0.717, 1.165) is 29.3 Å². The second-order valence-electron chi connectivity index (χ2n) is 4.49. The number of halogens is 1. The molecule has 0 spiro atoms. The van der Waals surface area contributed by atoms with Gasteiger partial charge in [0.15, 0.2) is 0 Å². The molecule has 3 nitrogen and oxygen atoms in total. The molecule has 2 N–H and O–H groups in total. The first-order valence-electron chi connectivity index (χ1n) is 5.89. The molecule has 1 amide bonds. The van der Waals surface area contributed by atoms with Crippen LogP contribution in [-0.2, 0) is 0 Å². The van der Waals surface area contributed by atoms with Crippen molar-refractivity contribution in [3.05, 3.63) is 33.4 Å². The van der Waals surface area contributed by atoms with Crippen LogP contribution in [0.25, 0.3) is 0 Å². The van der Waals surface area contributed by atoms with Crippen LogP contribution >= 0.6 is 22.6 Å². The van der Waals surface area contributed by atoms with Crippen LogP contribution in [0.5, 0.6) is 0 Å². The second kappa shape index (κ2) is 5.82. The molecule has 17 heavy (non-hydrogen) atoms. The number of rotatable bonds is 2. The molecule has 1 aliphatic rings. The van der Waals surface area contributed by atoms with Gasteiger partial charge in [0, 0.05) is 15.2 Å². The Kier molecular flexibility index (Phi) is 4.39. The van der Waals surface area contributed by atoms with E-state index in [1.54, 1.807) is 0 Å². The van der Waals surface area contributed by atoms with Crippen molar-refractivity contribution in [2.24, 2.45) is 0 Å². The fraction of sp³-hybridized carbons (Fsp3) is 0.462. The van der Waals surface area contributed by atoms with Gasteiger partial charge in [-0.25, -0.2) is 0 Å². The van der Waals surface area contributed by atoms with Crippen LogP contribution in [0.15, 0.2) is 24.3 Å². The summed E-state index contributed by atoms with van der Waals surface area (Å²) in [6.07, 6.45) is 3.14. The van der Waals surface area contributed by atoms with Crippen molar-refractivity contribution in [3.8, 4) is 0 Å². The summed E-state index contributed by atoms with van der Waals surface area (Å²) in [6, 6.07) is 7.76. The van der Waals surface area contributed by atoms with E-state index in [2.05, 4.69) is 27.9 Å². The highest BCUT2D eigenvalue weighted by atomic mass is 127. The number of aliphatic hydroxyl groups is 1. The van der Waals surface area contributed by atoms with Gasteiger partial charge in [0.2, 0.25) is 0 Å². The SMILES string of the molecule is O=C(NC1CCC(O)CC1)c1ccc(I)cc1. The molecule has 0 heterocycles. The summed E-state index contributed by atoms with van der Waals surface area (Å²) in [5, 5.41) is 12.4. The molecule has 1 fully saturated rings. The summed E-state index contributed by atoms with van der Waals surface area (Å²) in [7, 11) is 0. The first-order valence-corrected chi connectivity index (χ1v) is 6.97. The maximum Gasteiger partial charge on any atom is 0.251 e. The van der Waals surface area contributed by atoms with Crippen molar-refractivity contribution >= 4 is 28.5 Å². The first-order chi connectivity index (χ1) is 8.15. The Balaban J connectivity index is 1.91. The van der Waals surface area contributed by atoms with E-state index >= 15 is 0 Å². The molecule has 1 saturated carbocycles. The number of amides is 1. The summed E-state index contributed by atoms with van der Waals surface area (Å²) < 4.78 is 1.12. The Hall–Kier alpha value is -0.620. The maximum atomic E-state index is 11.9. The number of aliphatic hydroxyl groups excluding tert-OH is 1. The minimum Gasteiger partial charge on any atom is -0.393 e. The minimum atomic E-state index is -0.179. The zero-order chi connectivity index (χ0) is 12.3. The van der Waals surface area contributed by atoms with Crippen molar-refractivity contribution in [3.63, 3.8) is 0 Å². The number of nitrogens with one attached hydrogen (secondary N) is 1. The first kappa shape index (κ1) is 12.8. The fourth-order valence-corrected chi connectivity index (χ4v) is 2.45. The van der Waals surface area contributed by atoms with Crippen LogP contribution in [0.4, 0.5) is 0 Å². The molecule has 0 unspecified atom stereocenters. The van der Waals surface area contributed by atoms with Crippen LogP contribution in [-0.4, -0.2) is 23.2 Å². The van der Waals surface area contributed by atoms with Crippen LogP contribution in [0.1, 0.15) is 36.0 Å². The van der Waals surface area contributed by atoms with E-state index in [-0.39, 0.29) is 18.1 Å². The molecular weight excluding hydrogens is 329 g/mol. The van der Waals surface area contributed by atoms with Crippen LogP contribution in [0.3, 0.4) is 0 Å². The van der Waals surface area contributed by atoms with E-state index in [0.29, 0.717) is 5.56 Å². The molecule has 92 valence electrons. The van der Waals surface area contributed by atoms with Crippen LogP contribution < -0.4 is 5.32 Å². The lowest BCUT2D eigenvalue weighted by molar-refractivity contribution is 0.0867. The van der Waals surface area contributed by atoms with E-state index < -0.39 is 0 Å². The van der Waals surface area contributed by atoms with Crippen LogP contribution in [0.2, 0.25) is 0 Å². The molecule has 0 aliphatic heterocycles. The van der Waals surface area contributed by atoms with Gasteiger partial charge in [0.05, 0.1) is 6.10 Å². The number of carbonyl (C=O) groups is 1. The Morgan fingerprint density at radius 3 is 2.35 bits per heavy atom. The quantitative estimate of drug-likeness (QED) is 0.809. The highest BCUT2D eigenvalue weighted by molar-refractivity contribution is 14.1. The summed E-state index contributed by atoms with van der Waals surface area (Å²) in [4.78, 5) is 11.9. The van der Waals surface area contributed by atoms with Gasteiger partial charge in [0.25, 0.3) is 5.91 Å². The fourth-order valence-electron chi connectivity index (χ4n) is 2.09. The third-order valence-electron chi connectivity index (χ3n) is 3.14. The molecule has 1 aromatic carbocycles. The zero-order valence-corrected chi connectivity index (χ0v) is 11.7. The molecule has 0 radical (unpaired) electrons. The van der Waals surface area contributed by atoms with Gasteiger partial charge in [-0.05, 0) is 72.5 Å². The number of benzene rings is 1. The number of carbonyl (C=O) groups excluding carboxylic acids is 1. The summed E-state index contributed by atoms with van der Waals surface area (Å²) in [5.41, 5.74) is 0.705. The second-order valence-corrected chi connectivity index (χ2v) is 5.73. The summed E-state index contributed by atoms with van der Waals surface area (Å²) >= 11 is 2.22. The predicted octanol–water partition coefficient (Wildman–Crippen LogP) is 2.32. The van der Waals surface area contributed by atoms with Crippen molar-refractivity contribution in [1.82, 2.24) is 5.32 Å². The van der Waals surface area contributed by atoms with E-state index in [1.165, 1.54) is 0 Å². The molecule has 4 heteroatoms. The third kappa shape index (κ3) is 3.67. The molecule has 0 atom stereocenters. The van der Waals surface area contributed by atoms with Gasteiger partial charge in [-0.1, -0.05) is 0 Å². The van der Waals surface area contributed by atoms with Gasteiger partial charge >= 0.3 is 0 Å². The average Bonchev–Trinajstić information content (AvgIpc) is 2.33. The normalized spacial score (nSPS) is 24.4. The molecule has 0 saturated heterocycles. The zero-order valence-electron chi connectivity index (χ0n) is 9.53. The molecule has 0 aromatic heterocycles. The Morgan fingerprint density at radius 2 is 1.76 bits per heavy atom. The number of hydrogen-bond acceptors (Lipinski definition) is 2. The molecule has 0 bridgehead atoms. The Morgan fingerprint density at radius 1 is 1.18 bits per heavy atom. The van der Waals surface area contributed by atoms with E-state index in [4.69, 9.17) is 0 Å². The monoisotopic (exact) mass is 345 g/mol. The lowest BCUT2D eigenvalue weighted by atomic mass is 9.93. The van der Waals surface area contributed by atoms with Gasteiger partial charge < -0.3 is 10.4 Å². The lowest BCUT2D eigenvalue weighted by Crippen LogP contribution is -2.38. The van der Waals surface area contributed by atoms with Crippen molar-refractivity contribution in [2.75, 3.05) is 0 Å². The van der Waals surface area contributed by atoms with Crippen LogP contribution in [0, 0.1) is 3.57 Å². The third-order valence-corrected chi connectivity index (χ3v) is 3.86. The highest BCUT2D eigenvalue weighted by Crippen LogP contribution is 2.18. The van der Waals surface area contributed by atoms with Gasteiger partial charge in [-0.3, -0.25) is 4.79 Å². The molecular formula is C13H16INO2. The topological polar surface area (TPSA) is 49.3 Å². The maximum absolute atomic E-state index is 11.9. The van der Waals surface area contributed by atoms with Crippen molar-refractivity contribution in [2.45, 2.75) is 37.8 Å². The minimum absolute atomic E-state index is 0.0113. The smallest absolute Gasteiger partial charge is 0.251 e. The Bertz CT molecular complexity index is 383. The van der Waals surface area contributed by atoms with Gasteiger partial charge in [0.1, 0.15) is 0 Å².